The van der Waals surface area contributed by atoms with Gasteiger partial charge in [0.2, 0.25) is 0 Å². The molecule has 0 atom stereocenters. The number of carbonyl (C=O) groups is 1. The molecule has 0 aromatic carbocycles. The summed E-state index contributed by atoms with van der Waals surface area (Å²) in [4.78, 5) is 11.6. The first kappa shape index (κ1) is 23.0. The van der Waals surface area contributed by atoms with Crippen LogP contribution in [0.15, 0.2) is 0 Å². The quantitative estimate of drug-likeness (QED) is 0.186. The molecule has 0 bridgehead atoms. The maximum Gasteiger partial charge on any atom is 0.306 e. The monoisotopic (exact) mass is 336 g/mol. The predicted molar refractivity (Wildman–Crippen MR) is 104 cm³/mol. The Balaban J connectivity index is 3.15. The van der Waals surface area contributed by atoms with Crippen molar-refractivity contribution in [2.75, 3.05) is 0 Å². The van der Waals surface area contributed by atoms with E-state index in [1.54, 1.807) is 0 Å². The molecular formula is C22H40O2. The molecule has 0 amide bonds. The normalized spacial score (nSPS) is 11.2. The molecule has 0 saturated carbocycles. The smallest absolute Gasteiger partial charge is 0.306 e. The van der Waals surface area contributed by atoms with Gasteiger partial charge >= 0.3 is 5.97 Å². The Hall–Kier alpha value is -0.970. The van der Waals surface area contributed by atoms with E-state index >= 15 is 0 Å². The molecule has 0 unspecified atom stereocenters. The van der Waals surface area contributed by atoms with Crippen LogP contribution in [0.1, 0.15) is 117 Å². The summed E-state index contributed by atoms with van der Waals surface area (Å²) in [7, 11) is 0. The summed E-state index contributed by atoms with van der Waals surface area (Å²) in [5.74, 6) is 2.65. The summed E-state index contributed by atoms with van der Waals surface area (Å²) in [5.41, 5.74) is -0.348. The Labute approximate surface area is 151 Å². The minimum Gasteiger partial charge on any atom is -0.460 e. The lowest BCUT2D eigenvalue weighted by atomic mass is 10.0. The molecule has 0 aliphatic carbocycles. The summed E-state index contributed by atoms with van der Waals surface area (Å²) in [6, 6.07) is 0. The van der Waals surface area contributed by atoms with Crippen molar-refractivity contribution in [3.63, 3.8) is 0 Å². The van der Waals surface area contributed by atoms with Gasteiger partial charge in [-0.15, -0.1) is 12.3 Å². The van der Waals surface area contributed by atoms with Crippen LogP contribution in [-0.4, -0.2) is 11.6 Å². The lowest BCUT2D eigenvalue weighted by Crippen LogP contribution is -2.23. The summed E-state index contributed by atoms with van der Waals surface area (Å²) >= 11 is 0. The first-order valence-electron chi connectivity index (χ1n) is 10.1. The van der Waals surface area contributed by atoms with Gasteiger partial charge in [0.05, 0.1) is 0 Å². The zero-order chi connectivity index (χ0) is 18.1. The van der Waals surface area contributed by atoms with E-state index in [4.69, 9.17) is 11.2 Å². The van der Waals surface area contributed by atoms with Crippen molar-refractivity contribution in [3.05, 3.63) is 0 Å². The van der Waals surface area contributed by atoms with Crippen molar-refractivity contribution < 1.29 is 9.53 Å². The van der Waals surface area contributed by atoms with Crippen LogP contribution in [0.5, 0.6) is 0 Å². The van der Waals surface area contributed by atoms with Crippen molar-refractivity contribution in [3.8, 4) is 12.3 Å². The summed E-state index contributed by atoms with van der Waals surface area (Å²) in [6.45, 7) is 5.76. The third kappa shape index (κ3) is 19.1. The molecule has 0 N–H and O–H groups in total. The SMILES string of the molecule is C#CCCCCCCCCCCCCCCCC(=O)OC(C)(C)C. The molecule has 0 aliphatic heterocycles. The van der Waals surface area contributed by atoms with Gasteiger partial charge in [-0.2, -0.15) is 0 Å². The van der Waals surface area contributed by atoms with Crippen LogP contribution in [0.2, 0.25) is 0 Å². The number of rotatable bonds is 15. The van der Waals surface area contributed by atoms with Gasteiger partial charge in [-0.05, 0) is 33.6 Å². The Bertz CT molecular complexity index is 333. The molecule has 0 aliphatic rings. The predicted octanol–water partition coefficient (Wildman–Crippen LogP) is 6.81. The second kappa shape index (κ2) is 15.6. The first-order chi connectivity index (χ1) is 11.5. The molecule has 0 radical (unpaired) electrons. The van der Waals surface area contributed by atoms with E-state index in [9.17, 15) is 4.79 Å². The number of carbonyl (C=O) groups excluding carboxylic acids is 1. The molecule has 24 heavy (non-hydrogen) atoms. The topological polar surface area (TPSA) is 26.3 Å². The molecule has 0 rings (SSSR count). The van der Waals surface area contributed by atoms with Crippen LogP contribution < -0.4 is 0 Å². The van der Waals surface area contributed by atoms with E-state index in [-0.39, 0.29) is 11.6 Å². The molecular weight excluding hydrogens is 296 g/mol. The van der Waals surface area contributed by atoms with Crippen molar-refractivity contribution >= 4 is 5.97 Å². The maximum atomic E-state index is 11.6. The summed E-state index contributed by atoms with van der Waals surface area (Å²) < 4.78 is 5.31. The molecule has 140 valence electrons. The largest absolute Gasteiger partial charge is 0.460 e. The van der Waals surface area contributed by atoms with Gasteiger partial charge < -0.3 is 4.74 Å². The molecule has 0 saturated heterocycles. The number of esters is 1. The Morgan fingerprint density at radius 3 is 1.50 bits per heavy atom. The van der Waals surface area contributed by atoms with E-state index in [0.29, 0.717) is 6.42 Å². The van der Waals surface area contributed by atoms with E-state index in [1.807, 2.05) is 20.8 Å². The highest BCUT2D eigenvalue weighted by atomic mass is 16.6. The Morgan fingerprint density at radius 1 is 0.750 bits per heavy atom. The molecule has 0 spiro atoms. The zero-order valence-corrected chi connectivity index (χ0v) is 16.5. The van der Waals surface area contributed by atoms with Gasteiger partial charge in [-0.1, -0.05) is 70.6 Å². The van der Waals surface area contributed by atoms with Crippen LogP contribution in [0.25, 0.3) is 0 Å². The van der Waals surface area contributed by atoms with Gasteiger partial charge in [0, 0.05) is 12.8 Å². The maximum absolute atomic E-state index is 11.6. The average Bonchev–Trinajstić information content (AvgIpc) is 2.49. The van der Waals surface area contributed by atoms with Crippen LogP contribution in [0.4, 0.5) is 0 Å². The van der Waals surface area contributed by atoms with Gasteiger partial charge in [0.15, 0.2) is 0 Å². The zero-order valence-electron chi connectivity index (χ0n) is 16.5. The van der Waals surface area contributed by atoms with E-state index in [0.717, 1.165) is 19.3 Å². The first-order valence-corrected chi connectivity index (χ1v) is 10.1. The fraction of sp³-hybridized carbons (Fsp3) is 0.864. The second-order valence-corrected chi connectivity index (χ2v) is 7.89. The fourth-order valence-electron chi connectivity index (χ4n) is 2.83. The lowest BCUT2D eigenvalue weighted by molar-refractivity contribution is -0.154. The van der Waals surface area contributed by atoms with Crippen molar-refractivity contribution in [2.45, 2.75) is 123 Å². The third-order valence-electron chi connectivity index (χ3n) is 4.12. The van der Waals surface area contributed by atoms with Crippen LogP contribution >= 0.6 is 0 Å². The minimum absolute atomic E-state index is 0.0539. The number of terminal acetylenes is 1. The molecule has 2 nitrogen and oxygen atoms in total. The summed E-state index contributed by atoms with van der Waals surface area (Å²) in [5, 5.41) is 0. The lowest BCUT2D eigenvalue weighted by Gasteiger charge is -2.19. The van der Waals surface area contributed by atoms with Crippen molar-refractivity contribution in [2.24, 2.45) is 0 Å². The molecule has 2 heteroatoms. The van der Waals surface area contributed by atoms with E-state index in [1.165, 1.54) is 70.6 Å². The van der Waals surface area contributed by atoms with E-state index < -0.39 is 0 Å². The number of hydrogen-bond acceptors (Lipinski definition) is 2. The highest BCUT2D eigenvalue weighted by molar-refractivity contribution is 5.69. The molecule has 0 aromatic rings. The summed E-state index contributed by atoms with van der Waals surface area (Å²) in [6.07, 6.45) is 23.5. The Morgan fingerprint density at radius 2 is 1.12 bits per heavy atom. The van der Waals surface area contributed by atoms with Crippen LogP contribution in [0.3, 0.4) is 0 Å². The third-order valence-corrected chi connectivity index (χ3v) is 4.12. The number of ether oxygens (including phenoxy) is 1. The van der Waals surface area contributed by atoms with Crippen molar-refractivity contribution in [1.82, 2.24) is 0 Å². The number of unbranched alkanes of at least 4 members (excludes halogenated alkanes) is 13. The minimum atomic E-state index is -0.348. The highest BCUT2D eigenvalue weighted by Gasteiger charge is 2.15. The molecule has 0 aromatic heterocycles. The fourth-order valence-corrected chi connectivity index (χ4v) is 2.83. The second-order valence-electron chi connectivity index (χ2n) is 7.89. The van der Waals surface area contributed by atoms with Crippen LogP contribution in [0, 0.1) is 12.3 Å². The molecule has 0 heterocycles. The van der Waals surface area contributed by atoms with Gasteiger partial charge in [-0.25, -0.2) is 0 Å². The Kier molecular flexibility index (Phi) is 14.9. The van der Waals surface area contributed by atoms with Gasteiger partial charge in [0.1, 0.15) is 5.60 Å². The standard InChI is InChI=1S/C22H40O2/c1-5-6-7-8-9-10-11-12-13-14-15-16-17-18-19-20-21(23)24-22(2,3)4/h1H,6-20H2,2-4H3. The van der Waals surface area contributed by atoms with Gasteiger partial charge in [0.25, 0.3) is 0 Å². The number of hydrogen-bond donors (Lipinski definition) is 0. The highest BCUT2D eigenvalue weighted by Crippen LogP contribution is 2.14. The van der Waals surface area contributed by atoms with Crippen LogP contribution in [-0.2, 0) is 9.53 Å². The van der Waals surface area contributed by atoms with Gasteiger partial charge in [-0.3, -0.25) is 4.79 Å². The van der Waals surface area contributed by atoms with E-state index in [2.05, 4.69) is 5.92 Å². The van der Waals surface area contributed by atoms with Crippen molar-refractivity contribution in [1.29, 1.82) is 0 Å². The average molecular weight is 337 g/mol. The molecule has 0 fully saturated rings.